The van der Waals surface area contributed by atoms with Crippen LogP contribution < -0.4 is 15.8 Å². The summed E-state index contributed by atoms with van der Waals surface area (Å²) in [5.41, 5.74) is 6.54. The topological polar surface area (TPSA) is 60.2 Å². The summed E-state index contributed by atoms with van der Waals surface area (Å²) in [4.78, 5) is 4.48. The first kappa shape index (κ1) is 14.2. The predicted octanol–water partition coefficient (Wildman–Crippen LogP) is 2.71. The van der Waals surface area contributed by atoms with Crippen LogP contribution in [-0.4, -0.2) is 40.6 Å². The highest BCUT2D eigenvalue weighted by atomic mass is 32.2. The molecule has 0 amide bonds. The Morgan fingerprint density at radius 1 is 1.35 bits per heavy atom. The zero-order valence-electron chi connectivity index (χ0n) is 11.5. The van der Waals surface area contributed by atoms with Crippen LogP contribution in [0.3, 0.4) is 0 Å². The van der Waals surface area contributed by atoms with Gasteiger partial charge in [0.25, 0.3) is 0 Å². The fraction of sp³-hybridized carbons (Fsp3) is 0.643. The summed E-state index contributed by atoms with van der Waals surface area (Å²) in [7, 11) is 0. The summed E-state index contributed by atoms with van der Waals surface area (Å²) >= 11 is 4.08. The fourth-order valence-corrected chi connectivity index (χ4v) is 4.63. The smallest absolute Gasteiger partial charge is 0.239 e. The molecule has 4 nitrogen and oxygen atoms in total. The van der Waals surface area contributed by atoms with Gasteiger partial charge in [-0.3, -0.25) is 0 Å². The summed E-state index contributed by atoms with van der Waals surface area (Å²) < 4.78 is 5.71. The molecule has 1 unspecified atom stereocenters. The first-order valence-corrected chi connectivity index (χ1v) is 9.34. The number of aromatic nitrogens is 1. The highest BCUT2D eigenvalue weighted by Gasteiger charge is 2.22. The lowest BCUT2D eigenvalue weighted by atomic mass is 10.3. The van der Waals surface area contributed by atoms with Gasteiger partial charge in [0.2, 0.25) is 5.88 Å². The molecule has 3 rings (SSSR count). The van der Waals surface area contributed by atoms with Crippen LogP contribution in [0.25, 0.3) is 0 Å². The van der Waals surface area contributed by atoms with Crippen LogP contribution in [0.2, 0.25) is 0 Å². The van der Waals surface area contributed by atoms with E-state index in [1.54, 1.807) is 0 Å². The summed E-state index contributed by atoms with van der Waals surface area (Å²) in [6.07, 6.45) is 2.54. The Kier molecular flexibility index (Phi) is 4.83. The van der Waals surface area contributed by atoms with E-state index < -0.39 is 0 Å². The van der Waals surface area contributed by atoms with Crippen LogP contribution in [0.1, 0.15) is 12.8 Å². The second-order valence-corrected chi connectivity index (χ2v) is 7.85. The Hall–Kier alpha value is -0.750. The van der Waals surface area contributed by atoms with Gasteiger partial charge >= 0.3 is 0 Å². The van der Waals surface area contributed by atoms with Crippen LogP contribution in [0.4, 0.5) is 11.5 Å². The van der Waals surface area contributed by atoms with E-state index in [1.807, 2.05) is 35.7 Å². The number of nitrogen functional groups attached to an aromatic ring is 1. The molecule has 2 aliphatic rings. The van der Waals surface area contributed by atoms with Crippen molar-refractivity contribution in [1.29, 1.82) is 0 Å². The average molecular weight is 311 g/mol. The number of nitrogens with one attached hydrogen (secondary N) is 1. The van der Waals surface area contributed by atoms with Crippen molar-refractivity contribution in [2.75, 3.05) is 41.5 Å². The molecular formula is C14H21N3OS2. The van der Waals surface area contributed by atoms with Gasteiger partial charge in [0, 0.05) is 29.1 Å². The van der Waals surface area contributed by atoms with E-state index in [-0.39, 0.29) is 0 Å². The molecule has 0 spiro atoms. The number of hydrogen-bond acceptors (Lipinski definition) is 6. The fourth-order valence-electron chi connectivity index (χ4n) is 2.02. The molecule has 6 heteroatoms. The van der Waals surface area contributed by atoms with Crippen molar-refractivity contribution in [2.45, 2.75) is 18.1 Å². The molecule has 1 aromatic rings. The van der Waals surface area contributed by atoms with Gasteiger partial charge in [0.1, 0.15) is 5.82 Å². The molecule has 1 atom stereocenters. The van der Waals surface area contributed by atoms with Crippen molar-refractivity contribution >= 4 is 35.0 Å². The molecule has 1 saturated heterocycles. The Labute approximate surface area is 128 Å². The van der Waals surface area contributed by atoms with Crippen LogP contribution in [0, 0.1) is 5.92 Å². The SMILES string of the molecule is Nc1ccc(NCC2CSCCS2)nc1OCC1CC1. The minimum atomic E-state index is 0.576. The lowest BCUT2D eigenvalue weighted by molar-refractivity contribution is 0.290. The van der Waals surface area contributed by atoms with Crippen molar-refractivity contribution in [2.24, 2.45) is 5.92 Å². The molecule has 20 heavy (non-hydrogen) atoms. The van der Waals surface area contributed by atoms with Gasteiger partial charge in [-0.15, -0.1) is 0 Å². The van der Waals surface area contributed by atoms with Crippen molar-refractivity contribution < 1.29 is 4.74 Å². The van der Waals surface area contributed by atoms with E-state index in [4.69, 9.17) is 10.5 Å². The third kappa shape index (κ3) is 4.12. The van der Waals surface area contributed by atoms with Gasteiger partial charge < -0.3 is 15.8 Å². The van der Waals surface area contributed by atoms with Gasteiger partial charge in [0.15, 0.2) is 0 Å². The number of pyridine rings is 1. The average Bonchev–Trinajstić information content (AvgIpc) is 3.30. The van der Waals surface area contributed by atoms with E-state index in [0.29, 0.717) is 22.7 Å². The quantitative estimate of drug-likeness (QED) is 0.842. The number of thioether (sulfide) groups is 2. The zero-order valence-corrected chi connectivity index (χ0v) is 13.1. The summed E-state index contributed by atoms with van der Waals surface area (Å²) in [6, 6.07) is 3.81. The molecule has 110 valence electrons. The Morgan fingerprint density at radius 2 is 2.25 bits per heavy atom. The molecular weight excluding hydrogens is 290 g/mol. The van der Waals surface area contributed by atoms with E-state index in [1.165, 1.54) is 30.1 Å². The number of nitrogens with zero attached hydrogens (tertiary/aromatic N) is 1. The lowest BCUT2D eigenvalue weighted by Crippen LogP contribution is -2.23. The second-order valence-electron chi connectivity index (χ2n) is 5.29. The third-order valence-corrected chi connectivity index (χ3v) is 6.28. The number of ether oxygens (including phenoxy) is 1. The van der Waals surface area contributed by atoms with Crippen LogP contribution in [0.15, 0.2) is 12.1 Å². The molecule has 0 bridgehead atoms. The van der Waals surface area contributed by atoms with Gasteiger partial charge in [0.05, 0.1) is 12.3 Å². The van der Waals surface area contributed by atoms with Crippen molar-refractivity contribution in [3.63, 3.8) is 0 Å². The third-order valence-electron chi connectivity index (χ3n) is 3.44. The van der Waals surface area contributed by atoms with E-state index in [0.717, 1.165) is 19.0 Å². The number of nitrogens with two attached hydrogens (primary N) is 1. The number of anilines is 2. The molecule has 1 aliphatic carbocycles. The van der Waals surface area contributed by atoms with Crippen LogP contribution >= 0.6 is 23.5 Å². The Bertz CT molecular complexity index is 448. The Morgan fingerprint density at radius 3 is 3.00 bits per heavy atom. The lowest BCUT2D eigenvalue weighted by Gasteiger charge is -2.21. The van der Waals surface area contributed by atoms with Crippen molar-refractivity contribution in [1.82, 2.24) is 4.98 Å². The normalized spacial score (nSPS) is 22.5. The summed E-state index contributed by atoms with van der Waals surface area (Å²) in [5.74, 6) is 5.90. The van der Waals surface area contributed by atoms with Gasteiger partial charge in [-0.1, -0.05) is 0 Å². The molecule has 1 saturated carbocycles. The second kappa shape index (κ2) is 6.80. The molecule has 3 N–H and O–H groups in total. The first-order valence-electron chi connectivity index (χ1n) is 7.14. The van der Waals surface area contributed by atoms with E-state index >= 15 is 0 Å². The summed E-state index contributed by atoms with van der Waals surface area (Å²) in [6.45, 7) is 1.70. The molecule has 0 radical (unpaired) electrons. The van der Waals surface area contributed by atoms with Crippen molar-refractivity contribution in [3.05, 3.63) is 12.1 Å². The van der Waals surface area contributed by atoms with Crippen LogP contribution in [0.5, 0.6) is 5.88 Å². The van der Waals surface area contributed by atoms with E-state index in [2.05, 4.69) is 10.3 Å². The minimum Gasteiger partial charge on any atom is -0.476 e. The van der Waals surface area contributed by atoms with Crippen LogP contribution in [-0.2, 0) is 0 Å². The standard InChI is InChI=1S/C14H21N3OS2/c15-12-3-4-13(16-7-11-9-19-5-6-20-11)17-14(12)18-8-10-1-2-10/h3-4,10-11H,1-2,5-9,15H2,(H,16,17). The highest BCUT2D eigenvalue weighted by Crippen LogP contribution is 2.31. The molecule has 0 aromatic carbocycles. The maximum absolute atomic E-state index is 5.91. The molecule has 2 fully saturated rings. The van der Waals surface area contributed by atoms with E-state index in [9.17, 15) is 0 Å². The minimum absolute atomic E-state index is 0.576. The summed E-state index contributed by atoms with van der Waals surface area (Å²) in [5, 5.41) is 4.07. The number of hydrogen-bond donors (Lipinski definition) is 2. The molecule has 2 heterocycles. The predicted molar refractivity (Wildman–Crippen MR) is 88.9 cm³/mol. The maximum atomic E-state index is 5.91. The van der Waals surface area contributed by atoms with Gasteiger partial charge in [-0.25, -0.2) is 0 Å². The van der Waals surface area contributed by atoms with Gasteiger partial charge in [-0.05, 0) is 30.9 Å². The zero-order chi connectivity index (χ0) is 13.8. The highest BCUT2D eigenvalue weighted by molar-refractivity contribution is 8.06. The monoisotopic (exact) mass is 311 g/mol. The largest absolute Gasteiger partial charge is 0.476 e. The van der Waals surface area contributed by atoms with Crippen molar-refractivity contribution in [3.8, 4) is 5.88 Å². The first-order chi connectivity index (χ1) is 9.81. The number of rotatable bonds is 6. The van der Waals surface area contributed by atoms with Gasteiger partial charge in [-0.2, -0.15) is 28.5 Å². The molecule has 1 aromatic heterocycles. The Balaban J connectivity index is 1.53. The maximum Gasteiger partial charge on any atom is 0.239 e. The molecule has 1 aliphatic heterocycles.